The molecule has 0 saturated carbocycles. The molecule has 0 aliphatic rings. The number of nitrogens with one attached hydrogen (secondary N) is 1. The molecule has 0 aromatic rings. The van der Waals surface area contributed by atoms with Gasteiger partial charge in [0.25, 0.3) is 0 Å². The SMILES string of the molecule is CCCCCCCCCCCCCC/C=C\CCCCCCCCCCCCCCCCCCC(=O)NC(COP(=O)(O)OCC[N+](C)(C)C)C(O)/C=C/CCCCCCCCCCCCCCCC. The number of aliphatic hydroxyl groups excluding tert-OH is 1. The Morgan fingerprint density at radius 1 is 0.471 bits per heavy atom. The standard InChI is InChI=1S/C61H121N2O6P/c1-6-8-10-12-14-16-18-20-22-24-25-26-27-28-29-30-31-32-33-34-35-36-37-38-39-41-43-45-47-49-51-53-55-61(65)62-59(58-69-70(66,67)68-57-56-63(3,4)5)60(64)54-52-50-48-46-44-42-40-23-21-19-17-15-13-11-9-7-2/h28-29,52,54,59-60,64H,6-27,30-51,53,55-58H2,1-5H3,(H-,62,65,66,67)/p+1/b29-28-,54-52+. The number of carbonyl (C=O) groups excluding carboxylic acids is 1. The maximum absolute atomic E-state index is 13.0. The van der Waals surface area contributed by atoms with E-state index in [2.05, 4.69) is 31.3 Å². The first-order valence-electron chi connectivity index (χ1n) is 30.7. The number of aliphatic hydroxyl groups is 1. The predicted molar refractivity (Wildman–Crippen MR) is 305 cm³/mol. The largest absolute Gasteiger partial charge is 0.472 e. The molecule has 0 bridgehead atoms. The number of nitrogens with zero attached hydrogens (tertiary/aromatic N) is 1. The molecular formula is C61H122N2O6P+. The van der Waals surface area contributed by atoms with Crippen LogP contribution in [-0.4, -0.2) is 73.4 Å². The molecule has 3 atom stereocenters. The summed E-state index contributed by atoms with van der Waals surface area (Å²) in [4.78, 5) is 23.3. The molecule has 0 heterocycles. The topological polar surface area (TPSA) is 105 Å². The molecule has 0 aromatic carbocycles. The third-order valence-corrected chi connectivity index (χ3v) is 15.1. The Morgan fingerprint density at radius 3 is 1.10 bits per heavy atom. The number of hydrogen-bond acceptors (Lipinski definition) is 5. The Hall–Kier alpha value is -1.02. The lowest BCUT2D eigenvalue weighted by Gasteiger charge is -2.25. The summed E-state index contributed by atoms with van der Waals surface area (Å²) in [6.45, 7) is 4.86. The third-order valence-electron chi connectivity index (χ3n) is 14.2. The fourth-order valence-corrected chi connectivity index (χ4v) is 10.1. The second-order valence-electron chi connectivity index (χ2n) is 22.4. The van der Waals surface area contributed by atoms with Crippen LogP contribution < -0.4 is 5.32 Å². The van der Waals surface area contributed by atoms with Crippen molar-refractivity contribution >= 4 is 13.7 Å². The van der Waals surface area contributed by atoms with E-state index >= 15 is 0 Å². The van der Waals surface area contributed by atoms with Crippen molar-refractivity contribution in [2.45, 2.75) is 321 Å². The summed E-state index contributed by atoms with van der Waals surface area (Å²) >= 11 is 0. The van der Waals surface area contributed by atoms with E-state index in [4.69, 9.17) is 9.05 Å². The van der Waals surface area contributed by atoms with Gasteiger partial charge in [-0.15, -0.1) is 0 Å². The third kappa shape index (κ3) is 54.7. The number of carbonyl (C=O) groups is 1. The highest BCUT2D eigenvalue weighted by atomic mass is 31.2. The van der Waals surface area contributed by atoms with Crippen molar-refractivity contribution in [3.8, 4) is 0 Å². The summed E-state index contributed by atoms with van der Waals surface area (Å²) in [5.74, 6) is -0.172. The molecule has 0 saturated heterocycles. The van der Waals surface area contributed by atoms with Crippen molar-refractivity contribution in [3.05, 3.63) is 24.3 Å². The van der Waals surface area contributed by atoms with Crippen LogP contribution in [0.1, 0.15) is 309 Å². The van der Waals surface area contributed by atoms with Gasteiger partial charge in [0, 0.05) is 6.42 Å². The normalized spacial score (nSPS) is 14.0. The number of quaternary nitrogens is 1. The van der Waals surface area contributed by atoms with Crippen molar-refractivity contribution in [2.75, 3.05) is 40.9 Å². The van der Waals surface area contributed by atoms with Crippen LogP contribution in [0.15, 0.2) is 24.3 Å². The quantitative estimate of drug-likeness (QED) is 0.0243. The minimum absolute atomic E-state index is 0.0638. The molecule has 0 radical (unpaired) electrons. The van der Waals surface area contributed by atoms with Gasteiger partial charge < -0.3 is 19.8 Å². The lowest BCUT2D eigenvalue weighted by molar-refractivity contribution is -0.870. The van der Waals surface area contributed by atoms with Gasteiger partial charge in [-0.2, -0.15) is 0 Å². The maximum atomic E-state index is 13.0. The second kappa shape index (κ2) is 52.8. The highest BCUT2D eigenvalue weighted by Gasteiger charge is 2.27. The molecule has 416 valence electrons. The van der Waals surface area contributed by atoms with Crippen LogP contribution in [-0.2, 0) is 18.4 Å². The highest BCUT2D eigenvalue weighted by Crippen LogP contribution is 2.43. The van der Waals surface area contributed by atoms with Crippen molar-refractivity contribution in [1.82, 2.24) is 5.32 Å². The summed E-state index contributed by atoms with van der Waals surface area (Å²) in [5, 5.41) is 13.9. The molecule has 3 unspecified atom stereocenters. The maximum Gasteiger partial charge on any atom is 0.472 e. The van der Waals surface area contributed by atoms with Gasteiger partial charge in [0.15, 0.2) is 0 Å². The zero-order valence-electron chi connectivity index (χ0n) is 47.5. The smallest absolute Gasteiger partial charge is 0.387 e. The monoisotopic (exact) mass is 1010 g/mol. The zero-order chi connectivity index (χ0) is 51.3. The van der Waals surface area contributed by atoms with Crippen molar-refractivity contribution in [3.63, 3.8) is 0 Å². The first-order valence-corrected chi connectivity index (χ1v) is 32.2. The van der Waals surface area contributed by atoms with E-state index in [1.54, 1.807) is 6.08 Å². The van der Waals surface area contributed by atoms with Crippen LogP contribution in [0, 0.1) is 0 Å². The van der Waals surface area contributed by atoms with Crippen LogP contribution >= 0.6 is 7.82 Å². The van der Waals surface area contributed by atoms with Gasteiger partial charge in [0.2, 0.25) is 5.91 Å². The number of allylic oxidation sites excluding steroid dienone is 3. The van der Waals surface area contributed by atoms with Gasteiger partial charge in [-0.05, 0) is 44.9 Å². The van der Waals surface area contributed by atoms with Gasteiger partial charge in [-0.25, -0.2) is 4.57 Å². The molecule has 0 aromatic heterocycles. The number of likely N-dealkylation sites (N-methyl/N-ethyl adjacent to an activating group) is 1. The Balaban J connectivity index is 4.03. The summed E-state index contributed by atoms with van der Waals surface area (Å²) in [6.07, 6.45) is 67.3. The minimum Gasteiger partial charge on any atom is -0.387 e. The van der Waals surface area contributed by atoms with E-state index in [9.17, 15) is 19.4 Å². The second-order valence-corrected chi connectivity index (χ2v) is 23.9. The van der Waals surface area contributed by atoms with E-state index in [1.165, 1.54) is 250 Å². The average molecular weight is 1010 g/mol. The fraction of sp³-hybridized carbons (Fsp3) is 0.918. The average Bonchev–Trinajstić information content (AvgIpc) is 3.32. The van der Waals surface area contributed by atoms with Crippen LogP contribution in [0.25, 0.3) is 0 Å². The van der Waals surface area contributed by atoms with Crippen LogP contribution in [0.4, 0.5) is 0 Å². The Kier molecular flexibility index (Phi) is 52.1. The molecule has 8 nitrogen and oxygen atoms in total. The van der Waals surface area contributed by atoms with E-state index in [-0.39, 0.29) is 19.1 Å². The summed E-state index contributed by atoms with van der Waals surface area (Å²) in [6, 6.07) is -0.844. The van der Waals surface area contributed by atoms with E-state index in [1.807, 2.05) is 27.2 Å². The van der Waals surface area contributed by atoms with Crippen molar-refractivity contribution in [1.29, 1.82) is 0 Å². The van der Waals surface area contributed by atoms with Gasteiger partial charge in [0.1, 0.15) is 13.2 Å². The van der Waals surface area contributed by atoms with Crippen LogP contribution in [0.5, 0.6) is 0 Å². The minimum atomic E-state index is -4.34. The molecule has 70 heavy (non-hydrogen) atoms. The number of phosphoric ester groups is 1. The molecule has 0 spiro atoms. The number of amides is 1. The number of rotatable bonds is 57. The van der Waals surface area contributed by atoms with Crippen LogP contribution in [0.3, 0.4) is 0 Å². The Labute approximate surface area is 436 Å². The first kappa shape index (κ1) is 69.0. The number of hydrogen-bond donors (Lipinski definition) is 3. The number of phosphoric acid groups is 1. The predicted octanol–water partition coefficient (Wildman–Crippen LogP) is 18.8. The van der Waals surface area contributed by atoms with E-state index < -0.39 is 20.0 Å². The molecule has 0 aliphatic carbocycles. The van der Waals surface area contributed by atoms with Crippen molar-refractivity contribution < 1.29 is 32.9 Å². The van der Waals surface area contributed by atoms with Gasteiger partial charge in [-0.1, -0.05) is 282 Å². The molecule has 0 aliphatic heterocycles. The fourth-order valence-electron chi connectivity index (χ4n) is 9.33. The number of unbranched alkanes of at least 4 members (excludes halogenated alkanes) is 42. The van der Waals surface area contributed by atoms with Gasteiger partial charge in [-0.3, -0.25) is 13.8 Å². The molecule has 3 N–H and O–H groups in total. The van der Waals surface area contributed by atoms with Crippen LogP contribution in [0.2, 0.25) is 0 Å². The van der Waals surface area contributed by atoms with E-state index in [0.29, 0.717) is 17.4 Å². The molecular weight excluding hydrogens is 888 g/mol. The molecule has 9 heteroatoms. The van der Waals surface area contributed by atoms with Crippen molar-refractivity contribution in [2.24, 2.45) is 0 Å². The Morgan fingerprint density at radius 2 is 0.771 bits per heavy atom. The van der Waals surface area contributed by atoms with Gasteiger partial charge >= 0.3 is 7.82 Å². The zero-order valence-corrected chi connectivity index (χ0v) is 48.4. The summed E-state index contributed by atoms with van der Waals surface area (Å²) in [7, 11) is 1.59. The molecule has 0 fully saturated rings. The molecule has 0 rings (SSSR count). The molecule has 1 amide bonds. The lowest BCUT2D eigenvalue weighted by Crippen LogP contribution is -2.45. The Bertz CT molecular complexity index is 1190. The highest BCUT2D eigenvalue weighted by molar-refractivity contribution is 7.47. The first-order chi connectivity index (χ1) is 34.0. The summed E-state index contributed by atoms with van der Waals surface area (Å²) < 4.78 is 23.7. The lowest BCUT2D eigenvalue weighted by atomic mass is 10.0. The van der Waals surface area contributed by atoms with E-state index in [0.717, 1.165) is 38.5 Å². The summed E-state index contributed by atoms with van der Waals surface area (Å²) in [5.41, 5.74) is 0. The van der Waals surface area contributed by atoms with Gasteiger partial charge in [0.05, 0.1) is 39.9 Å².